The number of nitrogens with zero attached hydrogens (tertiary/aromatic N) is 2. The number of hydrogen-bond donors (Lipinski definition) is 3. The average Bonchev–Trinajstić information content (AvgIpc) is 3.13. The fraction of sp³-hybridized carbons (Fsp3) is 0.429. The topological polar surface area (TPSA) is 65.1 Å². The summed E-state index contributed by atoms with van der Waals surface area (Å²) < 4.78 is 0. The van der Waals surface area contributed by atoms with Crippen molar-refractivity contribution in [1.29, 1.82) is 0 Å². The molecule has 0 bridgehead atoms. The third kappa shape index (κ3) is 6.04. The molecule has 0 aliphatic rings. The van der Waals surface area contributed by atoms with Gasteiger partial charge in [-0.05, 0) is 24.4 Å². The Labute approximate surface area is 146 Å². The fourth-order valence-electron chi connectivity index (χ4n) is 1.80. The second kappa shape index (κ2) is 9.78. The number of halogens is 1. The lowest BCUT2D eigenvalue weighted by Crippen LogP contribution is -2.39. The van der Waals surface area contributed by atoms with Crippen molar-refractivity contribution in [2.75, 3.05) is 13.1 Å². The summed E-state index contributed by atoms with van der Waals surface area (Å²) in [6.07, 6.45) is 1.74. The number of rotatable bonds is 6. The first-order valence-corrected chi connectivity index (χ1v) is 7.71. The molecule has 0 amide bonds. The molecule has 0 aromatic carbocycles. The van der Waals surface area contributed by atoms with E-state index in [1.54, 1.807) is 17.5 Å². The molecule has 2 rings (SSSR count). The summed E-state index contributed by atoms with van der Waals surface area (Å²) in [6, 6.07) is 6.20. The van der Waals surface area contributed by atoms with E-state index in [9.17, 15) is 0 Å². The van der Waals surface area contributed by atoms with Crippen molar-refractivity contribution in [3.63, 3.8) is 0 Å². The maximum Gasteiger partial charge on any atom is 0.191 e. The maximum absolute atomic E-state index is 4.54. The third-order valence-corrected chi connectivity index (χ3v) is 4.02. The van der Waals surface area contributed by atoms with Gasteiger partial charge in [0.1, 0.15) is 0 Å². The molecule has 116 valence electrons. The van der Waals surface area contributed by atoms with Crippen LogP contribution in [-0.4, -0.2) is 29.2 Å². The largest absolute Gasteiger partial charge is 0.357 e. The van der Waals surface area contributed by atoms with Crippen LogP contribution in [0.3, 0.4) is 0 Å². The van der Waals surface area contributed by atoms with Crippen LogP contribution in [0.15, 0.2) is 34.8 Å². The van der Waals surface area contributed by atoms with E-state index < -0.39 is 0 Å². The Hall–Kier alpha value is -1.09. The van der Waals surface area contributed by atoms with Gasteiger partial charge in [-0.3, -0.25) is 5.10 Å². The Morgan fingerprint density at radius 1 is 1.43 bits per heavy atom. The first-order valence-electron chi connectivity index (χ1n) is 6.83. The van der Waals surface area contributed by atoms with Crippen LogP contribution in [0.25, 0.3) is 0 Å². The van der Waals surface area contributed by atoms with Gasteiger partial charge in [0.2, 0.25) is 0 Å². The lowest BCUT2D eigenvalue weighted by atomic mass is 10.1. The van der Waals surface area contributed by atoms with Crippen LogP contribution in [0.2, 0.25) is 0 Å². The molecule has 7 heteroatoms. The van der Waals surface area contributed by atoms with Gasteiger partial charge in [-0.2, -0.15) is 5.10 Å². The highest BCUT2D eigenvalue weighted by Crippen LogP contribution is 2.19. The molecule has 21 heavy (non-hydrogen) atoms. The van der Waals surface area contributed by atoms with Gasteiger partial charge < -0.3 is 10.6 Å². The highest BCUT2D eigenvalue weighted by atomic mass is 127. The summed E-state index contributed by atoms with van der Waals surface area (Å²) in [6.45, 7) is 6.60. The molecule has 1 unspecified atom stereocenters. The zero-order valence-corrected chi connectivity index (χ0v) is 15.4. The molecule has 0 aliphatic heterocycles. The van der Waals surface area contributed by atoms with Gasteiger partial charge >= 0.3 is 0 Å². The van der Waals surface area contributed by atoms with Crippen molar-refractivity contribution in [3.05, 3.63) is 40.3 Å². The summed E-state index contributed by atoms with van der Waals surface area (Å²) >= 11 is 1.79. The minimum Gasteiger partial charge on any atom is -0.357 e. The highest BCUT2D eigenvalue weighted by Gasteiger charge is 2.07. The van der Waals surface area contributed by atoms with Gasteiger partial charge in [0.05, 0.1) is 12.2 Å². The van der Waals surface area contributed by atoms with Crippen LogP contribution >= 0.6 is 35.3 Å². The maximum atomic E-state index is 4.54. The first-order chi connectivity index (χ1) is 9.79. The zero-order valence-electron chi connectivity index (χ0n) is 12.3. The van der Waals surface area contributed by atoms with Crippen LogP contribution in [0.5, 0.6) is 0 Å². The van der Waals surface area contributed by atoms with Gasteiger partial charge in [-0.15, -0.1) is 35.3 Å². The molecular formula is C14H22IN5S. The van der Waals surface area contributed by atoms with Gasteiger partial charge in [0.25, 0.3) is 0 Å². The minimum atomic E-state index is 0. The van der Waals surface area contributed by atoms with Crippen molar-refractivity contribution >= 4 is 41.3 Å². The van der Waals surface area contributed by atoms with Crippen molar-refractivity contribution in [2.24, 2.45) is 4.99 Å². The molecule has 1 atom stereocenters. The standard InChI is InChI=1S/C14H21N5S.HI/c1-3-15-14(17-10-12-6-7-18-19-12)16-9-11(2)13-5-4-8-20-13;/h4-8,11H,3,9-10H2,1-2H3,(H,18,19)(H2,15,16,17);1H. The predicted octanol–water partition coefficient (Wildman–Crippen LogP) is 2.95. The molecule has 3 N–H and O–H groups in total. The van der Waals surface area contributed by atoms with Crippen LogP contribution in [0, 0.1) is 0 Å². The van der Waals surface area contributed by atoms with E-state index in [1.807, 2.05) is 6.07 Å². The van der Waals surface area contributed by atoms with Crippen LogP contribution in [0.1, 0.15) is 30.3 Å². The molecule has 2 heterocycles. The summed E-state index contributed by atoms with van der Waals surface area (Å²) in [7, 11) is 0. The summed E-state index contributed by atoms with van der Waals surface area (Å²) in [4.78, 5) is 5.93. The molecule has 2 aromatic rings. The Balaban J connectivity index is 0.00000220. The van der Waals surface area contributed by atoms with Crippen molar-refractivity contribution in [2.45, 2.75) is 26.3 Å². The number of aromatic amines is 1. The number of guanidine groups is 1. The van der Waals surface area contributed by atoms with Crippen LogP contribution < -0.4 is 10.6 Å². The molecule has 0 saturated carbocycles. The summed E-state index contributed by atoms with van der Waals surface area (Å²) in [5.41, 5.74) is 1.01. The van der Waals surface area contributed by atoms with Crippen molar-refractivity contribution < 1.29 is 0 Å². The van der Waals surface area contributed by atoms with Gasteiger partial charge in [0, 0.05) is 30.1 Å². The Morgan fingerprint density at radius 2 is 2.29 bits per heavy atom. The average molecular weight is 419 g/mol. The van der Waals surface area contributed by atoms with Crippen molar-refractivity contribution in [3.8, 4) is 0 Å². The molecular weight excluding hydrogens is 397 g/mol. The Bertz CT molecular complexity index is 509. The molecule has 2 aromatic heterocycles. The number of hydrogen-bond acceptors (Lipinski definition) is 3. The lowest BCUT2D eigenvalue weighted by Gasteiger charge is -2.14. The molecule has 0 aliphatic carbocycles. The highest BCUT2D eigenvalue weighted by molar-refractivity contribution is 14.0. The van der Waals surface area contributed by atoms with E-state index >= 15 is 0 Å². The molecule has 5 nitrogen and oxygen atoms in total. The second-order valence-corrected chi connectivity index (χ2v) is 5.55. The normalized spacial score (nSPS) is 12.6. The summed E-state index contributed by atoms with van der Waals surface area (Å²) in [5, 5.41) is 15.6. The molecule has 0 radical (unpaired) electrons. The van der Waals surface area contributed by atoms with E-state index in [0.29, 0.717) is 12.5 Å². The van der Waals surface area contributed by atoms with Gasteiger partial charge in [-0.1, -0.05) is 13.0 Å². The van der Waals surface area contributed by atoms with Crippen LogP contribution in [-0.2, 0) is 6.54 Å². The molecule has 0 fully saturated rings. The lowest BCUT2D eigenvalue weighted by molar-refractivity contribution is 0.708. The molecule has 0 spiro atoms. The van der Waals surface area contributed by atoms with E-state index in [0.717, 1.165) is 24.7 Å². The minimum absolute atomic E-state index is 0. The van der Waals surface area contributed by atoms with E-state index in [1.165, 1.54) is 4.88 Å². The third-order valence-electron chi connectivity index (χ3n) is 2.91. The van der Waals surface area contributed by atoms with Crippen LogP contribution in [0.4, 0.5) is 0 Å². The fourth-order valence-corrected chi connectivity index (χ4v) is 2.59. The number of aromatic nitrogens is 2. The Morgan fingerprint density at radius 3 is 2.90 bits per heavy atom. The quantitative estimate of drug-likeness (QED) is 0.383. The number of aliphatic imine (C=N–C) groups is 1. The number of H-pyrrole nitrogens is 1. The van der Waals surface area contributed by atoms with E-state index in [4.69, 9.17) is 0 Å². The van der Waals surface area contributed by atoms with E-state index in [-0.39, 0.29) is 24.0 Å². The SMILES string of the molecule is CCNC(=NCc1ccn[nH]1)NCC(C)c1cccs1.I. The monoisotopic (exact) mass is 419 g/mol. The number of nitrogens with one attached hydrogen (secondary N) is 3. The first kappa shape index (κ1) is 18.0. The molecule has 0 saturated heterocycles. The van der Waals surface area contributed by atoms with Crippen molar-refractivity contribution in [1.82, 2.24) is 20.8 Å². The second-order valence-electron chi connectivity index (χ2n) is 4.57. The predicted molar refractivity (Wildman–Crippen MR) is 99.6 cm³/mol. The van der Waals surface area contributed by atoms with Gasteiger partial charge in [0.15, 0.2) is 5.96 Å². The summed E-state index contributed by atoms with van der Waals surface area (Å²) in [5.74, 6) is 1.32. The van der Waals surface area contributed by atoms with E-state index in [2.05, 4.69) is 57.2 Å². The van der Waals surface area contributed by atoms with Gasteiger partial charge in [-0.25, -0.2) is 4.99 Å². The smallest absolute Gasteiger partial charge is 0.191 e. The Kier molecular flexibility index (Phi) is 8.36. The number of thiophene rings is 1. The zero-order chi connectivity index (χ0) is 14.2.